The fourth-order valence-corrected chi connectivity index (χ4v) is 2.52. The summed E-state index contributed by atoms with van der Waals surface area (Å²) in [6, 6.07) is 0. The van der Waals surface area contributed by atoms with E-state index in [0.29, 0.717) is 5.41 Å². The molecule has 0 radical (unpaired) electrons. The average Bonchev–Trinajstić information content (AvgIpc) is 2.50. The Balaban J connectivity index is 2.53. The summed E-state index contributed by atoms with van der Waals surface area (Å²) in [5.74, 6) is 1.56. The van der Waals surface area contributed by atoms with Gasteiger partial charge in [-0.2, -0.15) is 0 Å². The van der Waals surface area contributed by atoms with Gasteiger partial charge in [0.25, 0.3) is 0 Å². The second-order valence-corrected chi connectivity index (χ2v) is 6.22. The zero-order valence-corrected chi connectivity index (χ0v) is 12.0. The lowest BCUT2D eigenvalue weighted by Crippen LogP contribution is -2.38. The lowest BCUT2D eigenvalue weighted by Gasteiger charge is -2.29. The lowest BCUT2D eigenvalue weighted by molar-refractivity contribution is 0.216. The molecule has 1 aliphatic rings. The predicted molar refractivity (Wildman–Crippen MR) is 75.1 cm³/mol. The second kappa shape index (κ2) is 6.27. The van der Waals surface area contributed by atoms with Crippen molar-refractivity contribution in [2.24, 2.45) is 22.1 Å². The van der Waals surface area contributed by atoms with Crippen LogP contribution in [0.15, 0.2) is 4.99 Å². The van der Waals surface area contributed by atoms with Gasteiger partial charge in [-0.3, -0.25) is 4.99 Å². The van der Waals surface area contributed by atoms with Gasteiger partial charge in [0.05, 0.1) is 0 Å². The summed E-state index contributed by atoms with van der Waals surface area (Å²) in [5.41, 5.74) is 6.46. The fraction of sp³-hybridized carbons (Fsp3) is 0.929. The Hall–Kier alpha value is -0.730. The third-order valence-corrected chi connectivity index (χ3v) is 3.77. The molecule has 1 rings (SSSR count). The Morgan fingerprint density at radius 1 is 1.29 bits per heavy atom. The van der Waals surface area contributed by atoms with Gasteiger partial charge in [-0.15, -0.1) is 0 Å². The summed E-state index contributed by atoms with van der Waals surface area (Å²) in [4.78, 5) is 6.68. The number of nitrogens with zero attached hydrogens (tertiary/aromatic N) is 2. The molecule has 0 saturated carbocycles. The van der Waals surface area contributed by atoms with Crippen molar-refractivity contribution in [1.29, 1.82) is 0 Å². The van der Waals surface area contributed by atoms with Gasteiger partial charge in [-0.1, -0.05) is 27.7 Å². The van der Waals surface area contributed by atoms with Crippen molar-refractivity contribution in [3.8, 4) is 0 Å². The molecule has 0 bridgehead atoms. The summed E-state index contributed by atoms with van der Waals surface area (Å²) >= 11 is 0. The molecule has 1 fully saturated rings. The Kier molecular flexibility index (Phi) is 5.29. The Morgan fingerprint density at radius 2 is 2.00 bits per heavy atom. The van der Waals surface area contributed by atoms with Gasteiger partial charge >= 0.3 is 0 Å². The van der Waals surface area contributed by atoms with Gasteiger partial charge < -0.3 is 10.6 Å². The molecule has 17 heavy (non-hydrogen) atoms. The minimum Gasteiger partial charge on any atom is -0.370 e. The van der Waals surface area contributed by atoms with Crippen molar-refractivity contribution in [2.45, 2.75) is 53.4 Å². The van der Waals surface area contributed by atoms with Crippen LogP contribution in [0.4, 0.5) is 0 Å². The number of hydrogen-bond acceptors (Lipinski definition) is 1. The topological polar surface area (TPSA) is 41.6 Å². The van der Waals surface area contributed by atoms with E-state index in [4.69, 9.17) is 5.73 Å². The average molecular weight is 239 g/mol. The van der Waals surface area contributed by atoms with Crippen LogP contribution in [0.2, 0.25) is 0 Å². The van der Waals surface area contributed by atoms with E-state index in [-0.39, 0.29) is 0 Å². The van der Waals surface area contributed by atoms with Crippen LogP contribution in [0.5, 0.6) is 0 Å². The Labute approximate surface area is 106 Å². The van der Waals surface area contributed by atoms with Crippen molar-refractivity contribution in [1.82, 2.24) is 4.90 Å². The minimum absolute atomic E-state index is 0.422. The van der Waals surface area contributed by atoms with Crippen molar-refractivity contribution < 1.29 is 0 Å². The van der Waals surface area contributed by atoms with E-state index in [1.54, 1.807) is 0 Å². The second-order valence-electron chi connectivity index (χ2n) is 6.22. The molecule has 100 valence electrons. The van der Waals surface area contributed by atoms with Crippen molar-refractivity contribution >= 4 is 5.96 Å². The number of aliphatic imine (C=N–C) groups is 1. The largest absolute Gasteiger partial charge is 0.370 e. The summed E-state index contributed by atoms with van der Waals surface area (Å²) < 4.78 is 0. The maximum absolute atomic E-state index is 6.03. The highest BCUT2D eigenvalue weighted by Gasteiger charge is 2.27. The molecule has 1 aliphatic heterocycles. The molecule has 3 heteroatoms. The maximum atomic E-state index is 6.03. The van der Waals surface area contributed by atoms with Crippen LogP contribution in [0, 0.1) is 11.3 Å². The van der Waals surface area contributed by atoms with E-state index in [9.17, 15) is 0 Å². The normalized spacial score (nSPS) is 23.6. The lowest BCUT2D eigenvalue weighted by atomic mass is 9.77. The first kappa shape index (κ1) is 14.3. The fourth-order valence-electron chi connectivity index (χ4n) is 2.52. The molecular formula is C14H29N3. The van der Waals surface area contributed by atoms with E-state index < -0.39 is 0 Å². The monoisotopic (exact) mass is 239 g/mol. The minimum atomic E-state index is 0.422. The molecule has 0 aromatic carbocycles. The number of nitrogens with two attached hydrogens (primary N) is 1. The van der Waals surface area contributed by atoms with Gasteiger partial charge in [-0.25, -0.2) is 0 Å². The highest BCUT2D eigenvalue weighted by atomic mass is 15.2. The molecule has 1 saturated heterocycles. The Morgan fingerprint density at radius 3 is 2.59 bits per heavy atom. The number of rotatable bonds is 2. The zero-order valence-electron chi connectivity index (χ0n) is 12.0. The summed E-state index contributed by atoms with van der Waals surface area (Å²) in [7, 11) is 0. The number of hydrogen-bond donors (Lipinski definition) is 1. The summed E-state index contributed by atoms with van der Waals surface area (Å²) in [6.45, 7) is 12.2. The van der Waals surface area contributed by atoms with E-state index in [2.05, 4.69) is 37.6 Å². The van der Waals surface area contributed by atoms with E-state index >= 15 is 0 Å². The van der Waals surface area contributed by atoms with Crippen LogP contribution in [0.25, 0.3) is 0 Å². The van der Waals surface area contributed by atoms with E-state index in [1.165, 1.54) is 19.3 Å². The van der Waals surface area contributed by atoms with Gasteiger partial charge in [0, 0.05) is 19.6 Å². The van der Waals surface area contributed by atoms with Crippen molar-refractivity contribution in [3.05, 3.63) is 0 Å². The van der Waals surface area contributed by atoms with Crippen LogP contribution in [-0.4, -0.2) is 30.5 Å². The quantitative estimate of drug-likeness (QED) is 0.594. The van der Waals surface area contributed by atoms with Crippen LogP contribution in [0.1, 0.15) is 53.4 Å². The number of guanidine groups is 1. The number of likely N-dealkylation sites (tertiary alicyclic amines) is 1. The SMILES string of the molecule is CCCN=C(N)N1CCCC(C(C)(C)C)CC1. The molecule has 0 spiro atoms. The zero-order chi connectivity index (χ0) is 12.9. The smallest absolute Gasteiger partial charge is 0.191 e. The first-order chi connectivity index (χ1) is 7.95. The molecule has 0 amide bonds. The first-order valence-electron chi connectivity index (χ1n) is 7.00. The van der Waals surface area contributed by atoms with Crippen molar-refractivity contribution in [3.63, 3.8) is 0 Å². The van der Waals surface area contributed by atoms with Gasteiger partial charge in [0.1, 0.15) is 0 Å². The first-order valence-corrected chi connectivity index (χ1v) is 7.00. The molecular weight excluding hydrogens is 210 g/mol. The van der Waals surface area contributed by atoms with Gasteiger partial charge in [0.2, 0.25) is 0 Å². The molecule has 0 aromatic heterocycles. The molecule has 1 unspecified atom stereocenters. The van der Waals surface area contributed by atoms with Crippen LogP contribution >= 0.6 is 0 Å². The van der Waals surface area contributed by atoms with Crippen LogP contribution < -0.4 is 5.73 Å². The molecule has 3 nitrogen and oxygen atoms in total. The highest BCUT2D eigenvalue weighted by Crippen LogP contribution is 2.34. The molecule has 0 aromatic rings. The van der Waals surface area contributed by atoms with E-state index in [1.807, 2.05) is 0 Å². The molecule has 0 aliphatic carbocycles. The highest BCUT2D eigenvalue weighted by molar-refractivity contribution is 5.78. The summed E-state index contributed by atoms with van der Waals surface area (Å²) in [6.07, 6.45) is 4.87. The van der Waals surface area contributed by atoms with Crippen LogP contribution in [0.3, 0.4) is 0 Å². The predicted octanol–water partition coefficient (Wildman–Crippen LogP) is 2.86. The van der Waals surface area contributed by atoms with Gasteiger partial charge in [0.15, 0.2) is 5.96 Å². The van der Waals surface area contributed by atoms with Crippen LogP contribution in [-0.2, 0) is 0 Å². The third-order valence-electron chi connectivity index (χ3n) is 3.77. The molecule has 2 N–H and O–H groups in total. The third kappa shape index (κ3) is 4.57. The molecule has 1 atom stereocenters. The van der Waals surface area contributed by atoms with Gasteiger partial charge in [-0.05, 0) is 37.0 Å². The maximum Gasteiger partial charge on any atom is 0.191 e. The Bertz CT molecular complexity index is 253. The van der Waals surface area contributed by atoms with Crippen molar-refractivity contribution in [2.75, 3.05) is 19.6 Å². The standard InChI is InChI=1S/C14H29N3/c1-5-9-16-13(15)17-10-6-7-12(8-11-17)14(2,3)4/h12H,5-11H2,1-4H3,(H2,15,16). The molecule has 1 heterocycles. The summed E-state index contributed by atoms with van der Waals surface area (Å²) in [5, 5.41) is 0. The van der Waals surface area contributed by atoms with E-state index in [0.717, 1.165) is 37.9 Å².